The quantitative estimate of drug-likeness (QED) is 0.334. The number of methoxy groups -OCH3 is 2. The Morgan fingerprint density at radius 3 is 2.50 bits per heavy atom. The average molecular weight is 422 g/mol. The molecule has 2 heterocycles. The maximum Gasteiger partial charge on any atom is 0.300 e. The van der Waals surface area contributed by atoms with Gasteiger partial charge in [-0.05, 0) is 36.4 Å². The molecule has 0 aliphatic carbocycles. The van der Waals surface area contributed by atoms with E-state index in [1.54, 1.807) is 79.5 Å². The number of ether oxygens (including phenoxy) is 2. The molecule has 0 spiro atoms. The fourth-order valence-electron chi connectivity index (χ4n) is 2.92. The van der Waals surface area contributed by atoms with E-state index < -0.39 is 0 Å². The van der Waals surface area contributed by atoms with Crippen LogP contribution in [0.4, 0.5) is 0 Å². The summed E-state index contributed by atoms with van der Waals surface area (Å²) in [7, 11) is 3.14. The molecule has 0 saturated heterocycles. The van der Waals surface area contributed by atoms with E-state index in [9.17, 15) is 9.59 Å². The van der Waals surface area contributed by atoms with Gasteiger partial charge in [0.1, 0.15) is 11.5 Å². The summed E-state index contributed by atoms with van der Waals surface area (Å²) in [5.41, 5.74) is 1.12. The SMILES string of the molecule is COc1ccc(-n2ccn3c(SCC(=O)c4cccc(OC)c4)nnc3c2=O)cc1. The molecular weight excluding hydrogens is 404 g/mol. The van der Waals surface area contributed by atoms with Gasteiger partial charge < -0.3 is 9.47 Å². The van der Waals surface area contributed by atoms with Crippen LogP contribution in [0.3, 0.4) is 0 Å². The summed E-state index contributed by atoms with van der Waals surface area (Å²) in [6, 6.07) is 14.1. The number of fused-ring (bicyclic) bond motifs is 1. The Kier molecular flexibility index (Phi) is 5.53. The first-order valence-electron chi connectivity index (χ1n) is 9.01. The van der Waals surface area contributed by atoms with Gasteiger partial charge in [-0.25, -0.2) is 0 Å². The van der Waals surface area contributed by atoms with E-state index in [0.717, 1.165) is 0 Å². The number of benzene rings is 2. The van der Waals surface area contributed by atoms with E-state index in [1.807, 2.05) is 0 Å². The summed E-state index contributed by atoms with van der Waals surface area (Å²) in [4.78, 5) is 25.3. The number of hydrogen-bond acceptors (Lipinski definition) is 7. The van der Waals surface area contributed by atoms with Gasteiger partial charge in [-0.2, -0.15) is 0 Å². The lowest BCUT2D eigenvalue weighted by Gasteiger charge is -2.07. The maximum absolute atomic E-state index is 12.8. The third-order valence-electron chi connectivity index (χ3n) is 4.51. The van der Waals surface area contributed by atoms with Crippen LogP contribution in [0.5, 0.6) is 11.5 Å². The summed E-state index contributed by atoms with van der Waals surface area (Å²) < 4.78 is 13.4. The van der Waals surface area contributed by atoms with Crippen LogP contribution in [0, 0.1) is 0 Å². The van der Waals surface area contributed by atoms with Crippen molar-refractivity contribution in [2.45, 2.75) is 5.16 Å². The van der Waals surface area contributed by atoms with Gasteiger partial charge in [-0.15, -0.1) is 10.2 Å². The molecular formula is C21H18N4O4S. The van der Waals surface area contributed by atoms with Crippen molar-refractivity contribution in [3.05, 3.63) is 76.8 Å². The fraction of sp³-hybridized carbons (Fsp3) is 0.143. The number of Topliss-reactive ketones (excluding diaryl/α,β-unsaturated/α-hetero) is 1. The molecule has 2 aromatic heterocycles. The molecule has 0 saturated carbocycles. The molecule has 0 aliphatic heterocycles. The summed E-state index contributed by atoms with van der Waals surface area (Å²) in [6.07, 6.45) is 3.35. The molecule has 0 bridgehead atoms. The van der Waals surface area contributed by atoms with Gasteiger partial charge >= 0.3 is 5.56 Å². The predicted molar refractivity (Wildman–Crippen MR) is 113 cm³/mol. The number of hydrogen-bond donors (Lipinski definition) is 0. The van der Waals surface area contributed by atoms with Crippen LogP contribution >= 0.6 is 11.8 Å². The van der Waals surface area contributed by atoms with Crippen molar-refractivity contribution in [2.24, 2.45) is 0 Å². The first-order chi connectivity index (χ1) is 14.6. The highest BCUT2D eigenvalue weighted by Crippen LogP contribution is 2.20. The van der Waals surface area contributed by atoms with Gasteiger partial charge in [0, 0.05) is 23.6 Å². The molecule has 0 radical (unpaired) electrons. The molecule has 0 aliphatic rings. The minimum atomic E-state index is -0.305. The Morgan fingerprint density at radius 2 is 1.77 bits per heavy atom. The van der Waals surface area contributed by atoms with E-state index in [1.165, 1.54) is 16.3 Å². The van der Waals surface area contributed by atoms with Crippen LogP contribution in [0.1, 0.15) is 10.4 Å². The van der Waals surface area contributed by atoms with E-state index in [4.69, 9.17) is 9.47 Å². The molecule has 0 amide bonds. The van der Waals surface area contributed by atoms with Crippen LogP contribution in [-0.2, 0) is 0 Å². The Bertz CT molecular complexity index is 1260. The van der Waals surface area contributed by atoms with E-state index in [2.05, 4.69) is 10.2 Å². The monoisotopic (exact) mass is 422 g/mol. The number of thioether (sulfide) groups is 1. The van der Waals surface area contributed by atoms with E-state index in [0.29, 0.717) is 27.9 Å². The number of nitrogens with zero attached hydrogens (tertiary/aromatic N) is 4. The molecule has 4 aromatic rings. The van der Waals surface area contributed by atoms with E-state index in [-0.39, 0.29) is 22.7 Å². The normalized spacial score (nSPS) is 10.9. The molecule has 0 atom stereocenters. The van der Waals surface area contributed by atoms with Gasteiger partial charge in [0.25, 0.3) is 0 Å². The van der Waals surface area contributed by atoms with Crippen LogP contribution in [0.2, 0.25) is 0 Å². The molecule has 152 valence electrons. The van der Waals surface area contributed by atoms with Crippen molar-refractivity contribution in [3.8, 4) is 17.2 Å². The second-order valence-corrected chi connectivity index (χ2v) is 7.23. The topological polar surface area (TPSA) is 87.7 Å². The number of aromatic nitrogens is 4. The third kappa shape index (κ3) is 3.79. The van der Waals surface area contributed by atoms with Gasteiger partial charge in [0.15, 0.2) is 10.9 Å². The van der Waals surface area contributed by atoms with Crippen molar-refractivity contribution in [1.82, 2.24) is 19.2 Å². The molecule has 2 aromatic carbocycles. The minimum absolute atomic E-state index is 0.0674. The van der Waals surface area contributed by atoms with Gasteiger partial charge in [-0.3, -0.25) is 18.6 Å². The van der Waals surface area contributed by atoms with Gasteiger partial charge in [0.05, 0.1) is 20.0 Å². The lowest BCUT2D eigenvalue weighted by atomic mass is 10.1. The summed E-state index contributed by atoms with van der Waals surface area (Å²) in [6.45, 7) is 0. The lowest BCUT2D eigenvalue weighted by Crippen LogP contribution is -2.20. The Balaban J connectivity index is 1.56. The molecule has 0 fully saturated rings. The smallest absolute Gasteiger partial charge is 0.300 e. The summed E-state index contributed by atoms with van der Waals surface area (Å²) in [5, 5.41) is 8.57. The van der Waals surface area contributed by atoms with Crippen molar-refractivity contribution in [3.63, 3.8) is 0 Å². The number of carbonyl (C=O) groups excluding carboxylic acids is 1. The van der Waals surface area contributed by atoms with Crippen molar-refractivity contribution in [2.75, 3.05) is 20.0 Å². The first-order valence-corrected chi connectivity index (χ1v) is 10.00. The zero-order valence-electron chi connectivity index (χ0n) is 16.3. The molecule has 0 unspecified atom stereocenters. The molecule has 9 heteroatoms. The fourth-order valence-corrected chi connectivity index (χ4v) is 3.73. The van der Waals surface area contributed by atoms with Crippen molar-refractivity contribution >= 4 is 23.2 Å². The average Bonchev–Trinajstić information content (AvgIpc) is 3.22. The van der Waals surface area contributed by atoms with Crippen LogP contribution in [-0.4, -0.2) is 44.9 Å². The second kappa shape index (κ2) is 8.42. The van der Waals surface area contributed by atoms with Crippen LogP contribution < -0.4 is 15.0 Å². The van der Waals surface area contributed by atoms with Crippen molar-refractivity contribution < 1.29 is 14.3 Å². The first kappa shape index (κ1) is 19.7. The lowest BCUT2D eigenvalue weighted by molar-refractivity contribution is 0.102. The molecule has 30 heavy (non-hydrogen) atoms. The number of carbonyl (C=O) groups is 1. The predicted octanol–water partition coefficient (Wildman–Crippen LogP) is 2.87. The number of rotatable bonds is 7. The van der Waals surface area contributed by atoms with E-state index >= 15 is 0 Å². The Hall–Kier alpha value is -3.59. The third-order valence-corrected chi connectivity index (χ3v) is 5.46. The maximum atomic E-state index is 12.8. The second-order valence-electron chi connectivity index (χ2n) is 6.29. The highest BCUT2D eigenvalue weighted by molar-refractivity contribution is 7.99. The van der Waals surface area contributed by atoms with Gasteiger partial charge in [0.2, 0.25) is 5.65 Å². The molecule has 0 N–H and O–H groups in total. The zero-order valence-corrected chi connectivity index (χ0v) is 17.1. The zero-order chi connectivity index (χ0) is 21.1. The van der Waals surface area contributed by atoms with Crippen LogP contribution in [0.25, 0.3) is 11.3 Å². The standard InChI is InChI=1S/C21H18N4O4S/c1-28-16-8-6-15(7-9-16)24-10-11-25-19(20(24)27)22-23-21(25)30-13-18(26)14-4-3-5-17(12-14)29-2/h3-12H,13H2,1-2H3. The molecule has 8 nitrogen and oxygen atoms in total. The highest BCUT2D eigenvalue weighted by Gasteiger charge is 2.14. The number of ketones is 1. The largest absolute Gasteiger partial charge is 0.497 e. The van der Waals surface area contributed by atoms with Gasteiger partial charge in [-0.1, -0.05) is 23.9 Å². The summed E-state index contributed by atoms with van der Waals surface area (Å²) in [5.74, 6) is 1.42. The van der Waals surface area contributed by atoms with Crippen LogP contribution in [0.15, 0.2) is 70.9 Å². The molecule has 4 rings (SSSR count). The minimum Gasteiger partial charge on any atom is -0.497 e. The highest BCUT2D eigenvalue weighted by atomic mass is 32.2. The Morgan fingerprint density at radius 1 is 1.00 bits per heavy atom. The van der Waals surface area contributed by atoms with Crippen molar-refractivity contribution in [1.29, 1.82) is 0 Å². The summed E-state index contributed by atoms with van der Waals surface area (Å²) >= 11 is 1.22. The Labute approximate surface area is 176 Å².